The Kier molecular flexibility index (Phi) is 9.70. The van der Waals surface area contributed by atoms with Crippen LogP contribution in [0.25, 0.3) is 0 Å². The van der Waals surface area contributed by atoms with E-state index in [1.165, 1.54) is 0 Å². The quantitative estimate of drug-likeness (QED) is 0.579. The van der Waals surface area contributed by atoms with Crippen LogP contribution in [-0.2, 0) is 0 Å². The van der Waals surface area contributed by atoms with Gasteiger partial charge in [-0.2, -0.15) is 0 Å². The SMILES string of the molecule is OCCCCCOc1ccccc1OCCCCCO. The lowest BCUT2D eigenvalue weighted by Crippen LogP contribution is -2.03. The number of aliphatic hydroxyl groups excluding tert-OH is 2. The topological polar surface area (TPSA) is 58.9 Å². The summed E-state index contributed by atoms with van der Waals surface area (Å²) >= 11 is 0. The molecule has 4 nitrogen and oxygen atoms in total. The van der Waals surface area contributed by atoms with Gasteiger partial charge in [0.05, 0.1) is 13.2 Å². The summed E-state index contributed by atoms with van der Waals surface area (Å²) in [5, 5.41) is 17.4. The van der Waals surface area contributed by atoms with Gasteiger partial charge in [-0.1, -0.05) is 12.1 Å². The highest BCUT2D eigenvalue weighted by molar-refractivity contribution is 5.39. The first-order chi connectivity index (χ1) is 9.88. The van der Waals surface area contributed by atoms with Gasteiger partial charge in [-0.05, 0) is 50.7 Å². The monoisotopic (exact) mass is 282 g/mol. The van der Waals surface area contributed by atoms with E-state index in [1.54, 1.807) is 0 Å². The Bertz CT molecular complexity index is 308. The minimum atomic E-state index is 0.244. The van der Waals surface area contributed by atoms with E-state index >= 15 is 0 Å². The van der Waals surface area contributed by atoms with Gasteiger partial charge in [-0.3, -0.25) is 0 Å². The van der Waals surface area contributed by atoms with E-state index in [0.717, 1.165) is 50.0 Å². The first-order valence-electron chi connectivity index (χ1n) is 7.45. The molecule has 0 radical (unpaired) electrons. The summed E-state index contributed by atoms with van der Waals surface area (Å²) in [4.78, 5) is 0. The van der Waals surface area contributed by atoms with Gasteiger partial charge in [0.1, 0.15) is 0 Å². The number of hydrogen-bond acceptors (Lipinski definition) is 4. The summed E-state index contributed by atoms with van der Waals surface area (Å²) in [6, 6.07) is 7.69. The van der Waals surface area contributed by atoms with Crippen LogP contribution < -0.4 is 9.47 Å². The Hall–Kier alpha value is -1.26. The summed E-state index contributed by atoms with van der Waals surface area (Å²) in [5.41, 5.74) is 0. The molecule has 2 N–H and O–H groups in total. The molecule has 0 fully saturated rings. The standard InChI is InChI=1S/C16H26O4/c17-11-5-1-7-13-19-15-9-3-4-10-16(15)20-14-8-2-6-12-18/h3-4,9-10,17-18H,1-2,5-8,11-14H2. The fourth-order valence-corrected chi connectivity index (χ4v) is 1.83. The van der Waals surface area contributed by atoms with E-state index in [9.17, 15) is 0 Å². The minimum Gasteiger partial charge on any atom is -0.490 e. The van der Waals surface area contributed by atoms with Gasteiger partial charge in [0.15, 0.2) is 11.5 Å². The minimum absolute atomic E-state index is 0.244. The first-order valence-corrected chi connectivity index (χ1v) is 7.45. The summed E-state index contributed by atoms with van der Waals surface area (Å²) < 4.78 is 11.4. The van der Waals surface area contributed by atoms with E-state index in [2.05, 4.69) is 0 Å². The highest BCUT2D eigenvalue weighted by atomic mass is 16.5. The number of para-hydroxylation sites is 2. The third-order valence-corrected chi connectivity index (χ3v) is 2.97. The van der Waals surface area contributed by atoms with Crippen molar-refractivity contribution in [1.82, 2.24) is 0 Å². The third kappa shape index (κ3) is 7.36. The maximum absolute atomic E-state index is 8.71. The van der Waals surface area contributed by atoms with Gasteiger partial charge in [0.25, 0.3) is 0 Å². The number of aliphatic hydroxyl groups is 2. The zero-order valence-electron chi connectivity index (χ0n) is 12.1. The number of hydrogen-bond donors (Lipinski definition) is 2. The molecule has 0 atom stereocenters. The maximum atomic E-state index is 8.71. The zero-order chi connectivity index (χ0) is 14.5. The van der Waals surface area contributed by atoms with Crippen molar-refractivity contribution in [1.29, 1.82) is 0 Å². The van der Waals surface area contributed by atoms with Crippen molar-refractivity contribution >= 4 is 0 Å². The van der Waals surface area contributed by atoms with E-state index in [-0.39, 0.29) is 13.2 Å². The lowest BCUT2D eigenvalue weighted by Gasteiger charge is -2.12. The molecule has 0 aromatic heterocycles. The van der Waals surface area contributed by atoms with Crippen LogP contribution in [-0.4, -0.2) is 36.6 Å². The van der Waals surface area contributed by atoms with Crippen molar-refractivity contribution in [2.75, 3.05) is 26.4 Å². The molecule has 0 amide bonds. The predicted octanol–water partition coefficient (Wildman–Crippen LogP) is 2.77. The molecular formula is C16H26O4. The van der Waals surface area contributed by atoms with Crippen LogP contribution in [0.15, 0.2) is 24.3 Å². The molecule has 114 valence electrons. The predicted molar refractivity (Wildman–Crippen MR) is 79.3 cm³/mol. The molecule has 0 aliphatic heterocycles. The van der Waals surface area contributed by atoms with E-state index in [1.807, 2.05) is 24.3 Å². The van der Waals surface area contributed by atoms with Crippen molar-refractivity contribution < 1.29 is 19.7 Å². The summed E-state index contributed by atoms with van der Waals surface area (Å²) in [5.74, 6) is 1.55. The molecule has 1 aromatic carbocycles. The van der Waals surface area contributed by atoms with Crippen LogP contribution in [0.4, 0.5) is 0 Å². The van der Waals surface area contributed by atoms with Crippen LogP contribution in [0.1, 0.15) is 38.5 Å². The van der Waals surface area contributed by atoms with Crippen LogP contribution in [0.2, 0.25) is 0 Å². The third-order valence-electron chi connectivity index (χ3n) is 2.97. The van der Waals surface area contributed by atoms with Gasteiger partial charge >= 0.3 is 0 Å². The molecule has 0 saturated carbocycles. The molecule has 0 spiro atoms. The molecule has 4 heteroatoms. The molecular weight excluding hydrogens is 256 g/mol. The van der Waals surface area contributed by atoms with Crippen LogP contribution in [0.5, 0.6) is 11.5 Å². The number of benzene rings is 1. The van der Waals surface area contributed by atoms with Gasteiger partial charge in [0.2, 0.25) is 0 Å². The van der Waals surface area contributed by atoms with Crippen LogP contribution in [0, 0.1) is 0 Å². The molecule has 0 bridgehead atoms. The smallest absolute Gasteiger partial charge is 0.161 e. The fraction of sp³-hybridized carbons (Fsp3) is 0.625. The Balaban J connectivity index is 2.27. The van der Waals surface area contributed by atoms with Gasteiger partial charge in [0, 0.05) is 13.2 Å². The van der Waals surface area contributed by atoms with Crippen LogP contribution in [0.3, 0.4) is 0 Å². The highest BCUT2D eigenvalue weighted by Gasteiger charge is 2.03. The Morgan fingerprint density at radius 1 is 0.650 bits per heavy atom. The van der Waals surface area contributed by atoms with Crippen molar-refractivity contribution in [3.8, 4) is 11.5 Å². The number of rotatable bonds is 12. The average Bonchev–Trinajstić information content (AvgIpc) is 2.48. The van der Waals surface area contributed by atoms with Crippen LogP contribution >= 0.6 is 0 Å². The van der Waals surface area contributed by atoms with E-state index < -0.39 is 0 Å². The first kappa shape index (κ1) is 16.8. The van der Waals surface area contributed by atoms with Gasteiger partial charge < -0.3 is 19.7 Å². The van der Waals surface area contributed by atoms with E-state index in [0.29, 0.717) is 13.2 Å². The molecule has 0 saturated heterocycles. The van der Waals surface area contributed by atoms with Crippen molar-refractivity contribution in [2.24, 2.45) is 0 Å². The van der Waals surface area contributed by atoms with Gasteiger partial charge in [-0.15, -0.1) is 0 Å². The molecule has 20 heavy (non-hydrogen) atoms. The Morgan fingerprint density at radius 2 is 1.10 bits per heavy atom. The molecule has 0 unspecified atom stereocenters. The fourth-order valence-electron chi connectivity index (χ4n) is 1.83. The maximum Gasteiger partial charge on any atom is 0.161 e. The summed E-state index contributed by atoms with van der Waals surface area (Å²) in [6.45, 7) is 1.77. The largest absolute Gasteiger partial charge is 0.490 e. The van der Waals surface area contributed by atoms with Crippen molar-refractivity contribution in [2.45, 2.75) is 38.5 Å². The molecule has 0 aliphatic rings. The second-order valence-corrected chi connectivity index (χ2v) is 4.71. The molecule has 1 aromatic rings. The molecule has 1 rings (SSSR count). The number of ether oxygens (including phenoxy) is 2. The van der Waals surface area contributed by atoms with Crippen molar-refractivity contribution in [3.63, 3.8) is 0 Å². The second kappa shape index (κ2) is 11.6. The second-order valence-electron chi connectivity index (χ2n) is 4.71. The summed E-state index contributed by atoms with van der Waals surface area (Å²) in [6.07, 6.45) is 5.47. The Morgan fingerprint density at radius 3 is 1.50 bits per heavy atom. The average molecular weight is 282 g/mol. The van der Waals surface area contributed by atoms with E-state index in [4.69, 9.17) is 19.7 Å². The molecule has 0 heterocycles. The number of unbranched alkanes of at least 4 members (excludes halogenated alkanes) is 4. The lowest BCUT2D eigenvalue weighted by atomic mass is 10.2. The highest BCUT2D eigenvalue weighted by Crippen LogP contribution is 2.26. The Labute approximate surface area is 121 Å². The lowest BCUT2D eigenvalue weighted by molar-refractivity contribution is 0.244. The zero-order valence-corrected chi connectivity index (χ0v) is 12.1. The summed E-state index contributed by atoms with van der Waals surface area (Å²) in [7, 11) is 0. The van der Waals surface area contributed by atoms with Crippen molar-refractivity contribution in [3.05, 3.63) is 24.3 Å². The molecule has 0 aliphatic carbocycles. The van der Waals surface area contributed by atoms with Gasteiger partial charge in [-0.25, -0.2) is 0 Å². The normalized spacial score (nSPS) is 10.5.